The first kappa shape index (κ1) is 30.5. The van der Waals surface area contributed by atoms with Gasteiger partial charge in [-0.3, -0.25) is 0 Å². The van der Waals surface area contributed by atoms with E-state index in [-0.39, 0.29) is 0 Å². The third kappa shape index (κ3) is 4.74. The summed E-state index contributed by atoms with van der Waals surface area (Å²) in [5, 5.41) is 12.1. The molecule has 54 heavy (non-hydrogen) atoms. The van der Waals surface area contributed by atoms with Crippen LogP contribution in [0.4, 0.5) is 17.1 Å². The lowest BCUT2D eigenvalue weighted by molar-refractivity contribution is 0.670. The molecule has 0 radical (unpaired) electrons. The summed E-state index contributed by atoms with van der Waals surface area (Å²) in [5.41, 5.74) is 9.50. The van der Waals surface area contributed by atoms with Crippen LogP contribution in [0, 0.1) is 0 Å². The average Bonchev–Trinajstić information content (AvgIpc) is 3.62. The number of nitrogens with zero attached hydrogens (tertiary/aromatic N) is 1. The summed E-state index contributed by atoms with van der Waals surface area (Å²) in [6, 6.07) is 72.1. The summed E-state index contributed by atoms with van der Waals surface area (Å²) in [6.45, 7) is 0. The van der Waals surface area contributed by atoms with E-state index in [4.69, 9.17) is 4.42 Å². The molecule has 1 aromatic heterocycles. The second kappa shape index (κ2) is 12.2. The Hall–Kier alpha value is -7.16. The van der Waals surface area contributed by atoms with Gasteiger partial charge in [-0.05, 0) is 96.2 Å². The normalized spacial score (nSPS) is 11.7. The van der Waals surface area contributed by atoms with Crippen LogP contribution in [0.25, 0.3) is 87.3 Å². The van der Waals surface area contributed by atoms with Crippen LogP contribution in [0.3, 0.4) is 0 Å². The third-order valence-corrected chi connectivity index (χ3v) is 11.0. The van der Waals surface area contributed by atoms with Gasteiger partial charge in [0.15, 0.2) is 5.58 Å². The first-order valence-corrected chi connectivity index (χ1v) is 18.5. The maximum atomic E-state index is 7.17. The fourth-order valence-electron chi connectivity index (χ4n) is 8.54. The molecule has 0 aliphatic rings. The molecule has 1 heterocycles. The number of anilines is 3. The van der Waals surface area contributed by atoms with Gasteiger partial charge >= 0.3 is 0 Å². The molecule has 2 heteroatoms. The van der Waals surface area contributed by atoms with Gasteiger partial charge in [-0.1, -0.05) is 164 Å². The van der Waals surface area contributed by atoms with Crippen LogP contribution < -0.4 is 4.90 Å². The summed E-state index contributed by atoms with van der Waals surface area (Å²) in [7, 11) is 0. The number of hydrogen-bond acceptors (Lipinski definition) is 2. The molecular weight excluding hydrogens is 655 g/mol. The topological polar surface area (TPSA) is 16.4 Å². The molecule has 0 bridgehead atoms. The van der Waals surface area contributed by atoms with Gasteiger partial charge in [-0.2, -0.15) is 0 Å². The molecule has 0 unspecified atom stereocenters. The maximum absolute atomic E-state index is 7.17. The number of para-hydroxylation sites is 1. The molecule has 0 saturated carbocycles. The average molecular weight is 688 g/mol. The monoisotopic (exact) mass is 687 g/mol. The van der Waals surface area contributed by atoms with Crippen LogP contribution >= 0.6 is 0 Å². The number of furan rings is 1. The molecule has 0 fully saturated rings. The predicted molar refractivity (Wildman–Crippen MR) is 229 cm³/mol. The second-order valence-corrected chi connectivity index (χ2v) is 14.0. The van der Waals surface area contributed by atoms with Gasteiger partial charge in [-0.15, -0.1) is 0 Å². The zero-order valence-corrected chi connectivity index (χ0v) is 29.4. The lowest BCUT2D eigenvalue weighted by Crippen LogP contribution is -2.10. The highest BCUT2D eigenvalue weighted by Gasteiger charge is 2.23. The number of fused-ring (bicyclic) bond motifs is 10. The van der Waals surface area contributed by atoms with E-state index >= 15 is 0 Å². The van der Waals surface area contributed by atoms with Crippen LogP contribution in [0.15, 0.2) is 205 Å². The molecule has 0 N–H and O–H groups in total. The molecule has 2 nitrogen and oxygen atoms in total. The molecule has 0 aliphatic heterocycles. The smallest absolute Gasteiger partial charge is 0.159 e. The largest absolute Gasteiger partial charge is 0.453 e. The van der Waals surface area contributed by atoms with Crippen molar-refractivity contribution in [1.29, 1.82) is 0 Å². The van der Waals surface area contributed by atoms with Crippen molar-refractivity contribution in [1.82, 2.24) is 0 Å². The SMILES string of the molecule is c1ccc(-c2ccc(N(c3ccc4c5ccccc5c5ccccc5c4c3)c3cccc4c3oc3c(-c5ccccc5)c5ccccc5cc34)cc2)cc1. The molecule has 0 atom stereocenters. The summed E-state index contributed by atoms with van der Waals surface area (Å²) < 4.78 is 7.17. The Kier molecular flexibility index (Phi) is 6.90. The summed E-state index contributed by atoms with van der Waals surface area (Å²) in [6.07, 6.45) is 0. The van der Waals surface area contributed by atoms with Crippen LogP contribution in [-0.2, 0) is 0 Å². The molecular formula is C52H33NO. The molecule has 0 aliphatic carbocycles. The zero-order valence-electron chi connectivity index (χ0n) is 29.4. The molecule has 0 spiro atoms. The Morgan fingerprint density at radius 2 is 0.815 bits per heavy atom. The van der Waals surface area contributed by atoms with E-state index in [0.717, 1.165) is 50.1 Å². The molecule has 0 saturated heterocycles. The highest BCUT2D eigenvalue weighted by Crippen LogP contribution is 2.47. The molecule has 11 rings (SSSR count). The second-order valence-electron chi connectivity index (χ2n) is 14.0. The van der Waals surface area contributed by atoms with Gasteiger partial charge < -0.3 is 9.32 Å². The van der Waals surface area contributed by atoms with Crippen molar-refractivity contribution in [2.75, 3.05) is 4.90 Å². The standard InChI is InChI=1S/C52H33NO/c1-3-14-34(15-4-1)35-26-28-38(29-27-35)53(39-30-31-45-43-22-10-9-20-41(43)42-21-11-12-23-44(42)47(45)33-39)49-25-13-24-46-48-32-37-18-7-8-19-40(37)50(52(48)54-51(46)49)36-16-5-2-6-17-36/h1-33H. The fourth-order valence-corrected chi connectivity index (χ4v) is 8.54. The minimum atomic E-state index is 0.857. The Bertz CT molecular complexity index is 3160. The Morgan fingerprint density at radius 1 is 0.296 bits per heavy atom. The summed E-state index contributed by atoms with van der Waals surface area (Å²) >= 11 is 0. The van der Waals surface area contributed by atoms with Gasteiger partial charge in [0, 0.05) is 27.7 Å². The van der Waals surface area contributed by atoms with Crippen molar-refractivity contribution in [3.63, 3.8) is 0 Å². The fraction of sp³-hybridized carbons (Fsp3) is 0. The number of benzene rings is 10. The van der Waals surface area contributed by atoms with Crippen molar-refractivity contribution in [2.24, 2.45) is 0 Å². The van der Waals surface area contributed by atoms with E-state index in [1.165, 1.54) is 54.2 Å². The van der Waals surface area contributed by atoms with E-state index in [9.17, 15) is 0 Å². The molecule has 11 aromatic rings. The molecule has 252 valence electrons. The van der Waals surface area contributed by atoms with Crippen LogP contribution in [0.2, 0.25) is 0 Å². The van der Waals surface area contributed by atoms with Crippen molar-refractivity contribution >= 4 is 82.1 Å². The highest BCUT2D eigenvalue weighted by atomic mass is 16.3. The Labute approximate surface area is 312 Å². The van der Waals surface area contributed by atoms with Gasteiger partial charge in [0.05, 0.1) is 5.69 Å². The van der Waals surface area contributed by atoms with Gasteiger partial charge in [0.1, 0.15) is 5.58 Å². The van der Waals surface area contributed by atoms with E-state index in [1.807, 2.05) is 0 Å². The van der Waals surface area contributed by atoms with Crippen molar-refractivity contribution in [3.8, 4) is 22.3 Å². The van der Waals surface area contributed by atoms with Crippen LogP contribution in [-0.4, -0.2) is 0 Å². The van der Waals surface area contributed by atoms with Gasteiger partial charge in [-0.25, -0.2) is 0 Å². The zero-order chi connectivity index (χ0) is 35.6. The first-order valence-electron chi connectivity index (χ1n) is 18.5. The van der Waals surface area contributed by atoms with E-state index < -0.39 is 0 Å². The van der Waals surface area contributed by atoms with E-state index in [0.29, 0.717) is 0 Å². The summed E-state index contributed by atoms with van der Waals surface area (Å²) in [5.74, 6) is 0. The quantitative estimate of drug-likeness (QED) is 0.168. The van der Waals surface area contributed by atoms with Gasteiger partial charge in [0.25, 0.3) is 0 Å². The first-order chi connectivity index (χ1) is 26.8. The third-order valence-electron chi connectivity index (χ3n) is 11.0. The molecule has 0 amide bonds. The summed E-state index contributed by atoms with van der Waals surface area (Å²) in [4.78, 5) is 2.37. The molecule has 10 aromatic carbocycles. The minimum Gasteiger partial charge on any atom is -0.453 e. The lowest BCUT2D eigenvalue weighted by atomic mass is 9.94. The van der Waals surface area contributed by atoms with Crippen LogP contribution in [0.5, 0.6) is 0 Å². The lowest BCUT2D eigenvalue weighted by Gasteiger charge is -2.26. The number of rotatable bonds is 5. The Morgan fingerprint density at radius 3 is 1.50 bits per heavy atom. The van der Waals surface area contributed by atoms with E-state index in [2.05, 4.69) is 205 Å². The van der Waals surface area contributed by atoms with Crippen molar-refractivity contribution < 1.29 is 4.42 Å². The maximum Gasteiger partial charge on any atom is 0.159 e. The van der Waals surface area contributed by atoms with Crippen LogP contribution in [0.1, 0.15) is 0 Å². The van der Waals surface area contributed by atoms with Crippen molar-refractivity contribution in [3.05, 3.63) is 200 Å². The van der Waals surface area contributed by atoms with Crippen molar-refractivity contribution in [2.45, 2.75) is 0 Å². The predicted octanol–water partition coefficient (Wildman–Crippen LogP) is 15.0. The van der Waals surface area contributed by atoms with Gasteiger partial charge in [0.2, 0.25) is 0 Å². The van der Waals surface area contributed by atoms with E-state index in [1.54, 1.807) is 0 Å². The minimum absolute atomic E-state index is 0.857. The highest BCUT2D eigenvalue weighted by molar-refractivity contribution is 6.26. The Balaban J connectivity index is 1.20. The number of hydrogen-bond donors (Lipinski definition) is 0.